The fourth-order valence-corrected chi connectivity index (χ4v) is 7.87. The fourth-order valence-electron chi connectivity index (χ4n) is 7.70. The summed E-state index contributed by atoms with van der Waals surface area (Å²) in [5.41, 5.74) is -3.53. The topological polar surface area (TPSA) is 101 Å². The molecule has 33 heavy (non-hydrogen) atoms. The standard InChI is InChI=1S/C26H35ClO6/c1-4-5-6-20(30)33-26(22(31)23(27)32)12-10-18-17-8-7-15-13-16(28)9-11-24(15,2)21(17)19(29)14-25(18,26)3/h9,11,13,17-19,21,23,29,32H,4-8,10,12,14H2,1-3H3/t17-,18-,19?,21+,23?,24-,25-,26-/m0/s1. The van der Waals surface area contributed by atoms with E-state index in [9.17, 15) is 24.6 Å². The number of fused-ring (bicyclic) bond motifs is 5. The molecule has 3 saturated carbocycles. The van der Waals surface area contributed by atoms with Crippen LogP contribution in [0.5, 0.6) is 0 Å². The number of ether oxygens (including phenoxy) is 1. The number of carbonyl (C=O) groups is 3. The van der Waals surface area contributed by atoms with Gasteiger partial charge in [-0.25, -0.2) is 0 Å². The molecule has 3 fully saturated rings. The molecule has 0 aromatic carbocycles. The molecule has 0 radical (unpaired) electrons. The number of Topliss-reactive ketones (excluding diaryl/α,β-unsaturated/α-hetero) is 1. The van der Waals surface area contributed by atoms with E-state index in [2.05, 4.69) is 6.92 Å². The van der Waals surface area contributed by atoms with Gasteiger partial charge in [-0.2, -0.15) is 0 Å². The number of rotatable bonds is 6. The van der Waals surface area contributed by atoms with Gasteiger partial charge in [0.1, 0.15) is 0 Å². The van der Waals surface area contributed by atoms with E-state index < -0.39 is 39.9 Å². The van der Waals surface area contributed by atoms with E-state index in [0.717, 1.165) is 24.8 Å². The van der Waals surface area contributed by atoms with E-state index >= 15 is 0 Å². The average Bonchev–Trinajstić information content (AvgIpc) is 3.04. The van der Waals surface area contributed by atoms with E-state index in [1.54, 1.807) is 12.2 Å². The van der Waals surface area contributed by atoms with Crippen LogP contribution in [0.1, 0.15) is 72.1 Å². The Morgan fingerprint density at radius 3 is 2.70 bits per heavy atom. The first kappa shape index (κ1) is 24.6. The zero-order chi connectivity index (χ0) is 24.2. The van der Waals surface area contributed by atoms with Crippen molar-refractivity contribution in [2.45, 2.75) is 89.4 Å². The van der Waals surface area contributed by atoms with E-state index in [1.165, 1.54) is 0 Å². The number of allylic oxidation sites excluding steroid dienone is 4. The molecule has 0 bridgehead atoms. The Hall–Kier alpha value is -1.50. The summed E-state index contributed by atoms with van der Waals surface area (Å²) < 4.78 is 5.96. The molecule has 4 aliphatic carbocycles. The third kappa shape index (κ3) is 3.64. The van der Waals surface area contributed by atoms with Crippen molar-refractivity contribution in [1.29, 1.82) is 0 Å². The maximum absolute atomic E-state index is 13.3. The number of ketones is 2. The minimum atomic E-state index is -1.78. The SMILES string of the molecule is CCCCC(=O)O[C@]1(C(=O)C(O)Cl)CC[C@H]2[C@@H]3CCC4=CC(=O)C=C[C@]4(C)[C@H]3C(O)C[C@@]21C. The van der Waals surface area contributed by atoms with Crippen LogP contribution in [0.25, 0.3) is 0 Å². The van der Waals surface area contributed by atoms with Crippen LogP contribution in [-0.2, 0) is 19.1 Å². The van der Waals surface area contributed by atoms with Gasteiger partial charge in [0.05, 0.1) is 6.10 Å². The van der Waals surface area contributed by atoms with Crippen molar-refractivity contribution in [2.75, 3.05) is 0 Å². The Kier molecular flexibility index (Phi) is 6.43. The number of carbonyl (C=O) groups excluding carboxylic acids is 3. The lowest BCUT2D eigenvalue weighted by Crippen LogP contribution is -2.63. The molecule has 2 unspecified atom stereocenters. The van der Waals surface area contributed by atoms with Gasteiger partial charge in [0.2, 0.25) is 5.78 Å². The molecule has 2 N–H and O–H groups in total. The van der Waals surface area contributed by atoms with Gasteiger partial charge < -0.3 is 14.9 Å². The first-order valence-corrected chi connectivity index (χ1v) is 12.6. The highest BCUT2D eigenvalue weighted by Crippen LogP contribution is 2.68. The van der Waals surface area contributed by atoms with Crippen molar-refractivity contribution in [3.05, 3.63) is 23.8 Å². The molecule has 0 aromatic heterocycles. The Labute approximate surface area is 200 Å². The summed E-state index contributed by atoms with van der Waals surface area (Å²) in [6.07, 6.45) is 8.90. The predicted octanol–water partition coefficient (Wildman–Crippen LogP) is 3.86. The molecule has 0 aliphatic heterocycles. The third-order valence-electron chi connectivity index (χ3n) is 9.25. The summed E-state index contributed by atoms with van der Waals surface area (Å²) in [4.78, 5) is 38.1. The Bertz CT molecular complexity index is 908. The van der Waals surface area contributed by atoms with Crippen molar-refractivity contribution in [3.63, 3.8) is 0 Å². The second kappa shape index (κ2) is 8.62. The monoisotopic (exact) mass is 478 g/mol. The van der Waals surface area contributed by atoms with E-state index in [-0.39, 0.29) is 36.4 Å². The van der Waals surface area contributed by atoms with Gasteiger partial charge in [0.15, 0.2) is 16.9 Å². The zero-order valence-corrected chi connectivity index (χ0v) is 20.4. The largest absolute Gasteiger partial charge is 0.450 e. The van der Waals surface area contributed by atoms with Crippen LogP contribution in [-0.4, -0.2) is 45.0 Å². The minimum absolute atomic E-state index is 0.0170. The first-order valence-electron chi connectivity index (χ1n) is 12.2. The number of hydrogen-bond donors (Lipinski definition) is 2. The van der Waals surface area contributed by atoms with Crippen LogP contribution < -0.4 is 0 Å². The summed E-state index contributed by atoms with van der Waals surface area (Å²) in [7, 11) is 0. The summed E-state index contributed by atoms with van der Waals surface area (Å²) >= 11 is 5.88. The quantitative estimate of drug-likeness (QED) is 0.444. The first-order chi connectivity index (χ1) is 15.5. The number of alkyl halides is 1. The number of unbranched alkanes of at least 4 members (excludes halogenated alkanes) is 1. The molecule has 0 aromatic rings. The van der Waals surface area contributed by atoms with Crippen molar-refractivity contribution in [2.24, 2.45) is 28.6 Å². The number of aliphatic hydroxyl groups excluding tert-OH is 2. The Morgan fingerprint density at radius 1 is 1.30 bits per heavy atom. The lowest BCUT2D eigenvalue weighted by atomic mass is 9.46. The molecular weight excluding hydrogens is 444 g/mol. The van der Waals surface area contributed by atoms with Crippen molar-refractivity contribution >= 4 is 29.1 Å². The maximum Gasteiger partial charge on any atom is 0.306 e. The van der Waals surface area contributed by atoms with Gasteiger partial charge in [-0.15, -0.1) is 0 Å². The van der Waals surface area contributed by atoms with Crippen molar-refractivity contribution in [3.8, 4) is 0 Å². The molecule has 0 amide bonds. The average molecular weight is 479 g/mol. The van der Waals surface area contributed by atoms with Gasteiger partial charge in [-0.1, -0.05) is 50.4 Å². The maximum atomic E-state index is 13.3. The van der Waals surface area contributed by atoms with Crippen LogP contribution in [0.3, 0.4) is 0 Å². The molecule has 0 saturated heterocycles. The Morgan fingerprint density at radius 2 is 2.03 bits per heavy atom. The zero-order valence-electron chi connectivity index (χ0n) is 19.7. The Balaban J connectivity index is 1.72. The van der Waals surface area contributed by atoms with E-state index in [1.807, 2.05) is 19.9 Å². The molecule has 7 heteroatoms. The molecule has 0 heterocycles. The molecule has 8 atom stereocenters. The van der Waals surface area contributed by atoms with Gasteiger partial charge in [-0.05, 0) is 62.5 Å². The van der Waals surface area contributed by atoms with Gasteiger partial charge in [0.25, 0.3) is 0 Å². The van der Waals surface area contributed by atoms with Crippen LogP contribution in [0, 0.1) is 28.6 Å². The molecular formula is C26H35ClO6. The smallest absolute Gasteiger partial charge is 0.306 e. The molecule has 182 valence electrons. The predicted molar refractivity (Wildman–Crippen MR) is 123 cm³/mol. The molecule has 0 spiro atoms. The van der Waals surface area contributed by atoms with E-state index in [0.29, 0.717) is 19.3 Å². The fraction of sp³-hybridized carbons (Fsp3) is 0.731. The molecule has 4 rings (SSSR count). The molecule has 4 aliphatic rings. The third-order valence-corrected chi connectivity index (χ3v) is 9.45. The highest BCUT2D eigenvalue weighted by atomic mass is 35.5. The van der Waals surface area contributed by atoms with Crippen LogP contribution >= 0.6 is 11.6 Å². The summed E-state index contributed by atoms with van der Waals surface area (Å²) in [5, 5.41) is 21.6. The van der Waals surface area contributed by atoms with Gasteiger partial charge >= 0.3 is 5.97 Å². The van der Waals surface area contributed by atoms with Crippen molar-refractivity contribution < 1.29 is 29.3 Å². The summed E-state index contributed by atoms with van der Waals surface area (Å²) in [5.74, 6) is -1.14. The number of hydrogen-bond acceptors (Lipinski definition) is 6. The van der Waals surface area contributed by atoms with Crippen molar-refractivity contribution in [1.82, 2.24) is 0 Å². The number of esters is 1. The summed E-state index contributed by atoms with van der Waals surface area (Å²) in [6, 6.07) is 0. The second-order valence-corrected chi connectivity index (χ2v) is 11.3. The van der Waals surface area contributed by atoms with Gasteiger partial charge in [-0.3, -0.25) is 14.4 Å². The molecule has 6 nitrogen and oxygen atoms in total. The number of aliphatic hydroxyl groups is 2. The van der Waals surface area contributed by atoms with Crippen LogP contribution in [0.2, 0.25) is 0 Å². The van der Waals surface area contributed by atoms with Crippen LogP contribution in [0.15, 0.2) is 23.8 Å². The van der Waals surface area contributed by atoms with Gasteiger partial charge in [0, 0.05) is 23.2 Å². The lowest BCUT2D eigenvalue weighted by Gasteiger charge is -2.59. The number of halogens is 1. The normalized spacial score (nSPS) is 42.6. The summed E-state index contributed by atoms with van der Waals surface area (Å²) in [6.45, 7) is 5.98. The highest BCUT2D eigenvalue weighted by Gasteiger charge is 2.70. The highest BCUT2D eigenvalue weighted by molar-refractivity contribution is 6.31. The minimum Gasteiger partial charge on any atom is -0.450 e. The second-order valence-electron chi connectivity index (χ2n) is 10.9. The van der Waals surface area contributed by atoms with Crippen LogP contribution in [0.4, 0.5) is 0 Å². The lowest BCUT2D eigenvalue weighted by molar-refractivity contribution is -0.201. The van der Waals surface area contributed by atoms with E-state index in [4.69, 9.17) is 16.3 Å².